The lowest BCUT2D eigenvalue weighted by molar-refractivity contribution is 0.102. The van der Waals surface area contributed by atoms with Gasteiger partial charge in [0.1, 0.15) is 5.82 Å². The Morgan fingerprint density at radius 2 is 2.05 bits per heavy atom. The monoisotopic (exact) mass is 467 g/mol. The molecule has 1 amide bonds. The van der Waals surface area contributed by atoms with E-state index in [0.29, 0.717) is 20.7 Å². The van der Waals surface area contributed by atoms with Crippen molar-refractivity contribution in [1.82, 2.24) is 0 Å². The summed E-state index contributed by atoms with van der Waals surface area (Å²) in [5.74, 6) is -0.742. The zero-order valence-corrected chi connectivity index (χ0v) is 14.8. The highest BCUT2D eigenvalue weighted by molar-refractivity contribution is 14.1. The predicted octanol–water partition coefficient (Wildman–Crippen LogP) is 5.41. The van der Waals surface area contributed by atoms with Gasteiger partial charge in [0.05, 0.1) is 10.0 Å². The van der Waals surface area contributed by atoms with E-state index in [1.807, 2.05) is 0 Å². The maximum Gasteiger partial charge on any atom is 0.256 e. The SMILES string of the molecule is Cc1cc(Br)c(F)cc1NC(=O)c1cc(Cl)ccc1I. The van der Waals surface area contributed by atoms with Gasteiger partial charge in [0.15, 0.2) is 0 Å². The molecule has 0 bridgehead atoms. The molecule has 0 fully saturated rings. The molecule has 0 unspecified atom stereocenters. The molecule has 20 heavy (non-hydrogen) atoms. The fraction of sp³-hybridized carbons (Fsp3) is 0.0714. The largest absolute Gasteiger partial charge is 0.322 e. The Hall–Kier alpha value is -0.660. The van der Waals surface area contributed by atoms with E-state index < -0.39 is 5.82 Å². The Morgan fingerprint density at radius 3 is 2.75 bits per heavy atom. The van der Waals surface area contributed by atoms with Crippen molar-refractivity contribution < 1.29 is 9.18 Å². The number of benzene rings is 2. The molecule has 0 aromatic heterocycles. The van der Waals surface area contributed by atoms with Crippen LogP contribution in [0.3, 0.4) is 0 Å². The molecule has 0 aliphatic heterocycles. The van der Waals surface area contributed by atoms with Crippen LogP contribution >= 0.6 is 50.1 Å². The van der Waals surface area contributed by atoms with Crippen LogP contribution < -0.4 is 5.32 Å². The summed E-state index contributed by atoms with van der Waals surface area (Å²) in [4.78, 5) is 12.2. The van der Waals surface area contributed by atoms with E-state index in [4.69, 9.17) is 11.6 Å². The van der Waals surface area contributed by atoms with E-state index in [9.17, 15) is 9.18 Å². The van der Waals surface area contributed by atoms with Crippen molar-refractivity contribution in [2.75, 3.05) is 5.32 Å². The number of amides is 1. The van der Waals surface area contributed by atoms with Crippen molar-refractivity contribution in [1.29, 1.82) is 0 Å². The standard InChI is InChI=1S/C14H9BrClFINO/c1-7-4-10(15)11(17)6-13(7)19-14(20)9-5-8(16)2-3-12(9)18/h2-6H,1H3,(H,19,20). The molecule has 2 rings (SSSR count). The first-order valence-electron chi connectivity index (χ1n) is 5.60. The first kappa shape index (κ1) is 15.7. The van der Waals surface area contributed by atoms with Crippen LogP contribution in [0.2, 0.25) is 5.02 Å². The minimum atomic E-state index is -0.424. The van der Waals surface area contributed by atoms with Gasteiger partial charge in [0, 0.05) is 14.3 Å². The van der Waals surface area contributed by atoms with Crippen molar-refractivity contribution in [3.05, 3.63) is 60.3 Å². The molecular weight excluding hydrogens is 459 g/mol. The molecule has 0 saturated carbocycles. The highest BCUT2D eigenvalue weighted by Gasteiger charge is 2.13. The smallest absolute Gasteiger partial charge is 0.256 e. The van der Waals surface area contributed by atoms with E-state index >= 15 is 0 Å². The first-order chi connectivity index (χ1) is 9.38. The topological polar surface area (TPSA) is 29.1 Å². The van der Waals surface area contributed by atoms with E-state index in [1.165, 1.54) is 6.07 Å². The van der Waals surface area contributed by atoms with Gasteiger partial charge in [-0.05, 0) is 81.3 Å². The molecule has 0 spiro atoms. The molecule has 0 aliphatic carbocycles. The normalized spacial score (nSPS) is 10.4. The second kappa shape index (κ2) is 6.41. The van der Waals surface area contributed by atoms with Crippen molar-refractivity contribution >= 4 is 61.7 Å². The second-order valence-electron chi connectivity index (χ2n) is 4.16. The van der Waals surface area contributed by atoms with E-state index in [-0.39, 0.29) is 5.91 Å². The number of aryl methyl sites for hydroxylation is 1. The molecule has 2 aromatic rings. The van der Waals surface area contributed by atoms with Gasteiger partial charge in [-0.2, -0.15) is 0 Å². The molecular formula is C14H9BrClFINO. The average Bonchev–Trinajstić information content (AvgIpc) is 2.38. The molecule has 2 nitrogen and oxygen atoms in total. The van der Waals surface area contributed by atoms with Gasteiger partial charge in [0.2, 0.25) is 0 Å². The fourth-order valence-electron chi connectivity index (χ4n) is 1.64. The summed E-state index contributed by atoms with van der Waals surface area (Å²) < 4.78 is 14.7. The quantitative estimate of drug-likeness (QED) is 0.587. The van der Waals surface area contributed by atoms with Crippen molar-refractivity contribution in [3.8, 4) is 0 Å². The molecule has 0 atom stereocenters. The van der Waals surface area contributed by atoms with Crippen LogP contribution in [0.15, 0.2) is 34.8 Å². The number of carbonyl (C=O) groups excluding carboxylic acids is 1. The summed E-state index contributed by atoms with van der Waals surface area (Å²) in [6, 6.07) is 7.96. The maximum atomic E-state index is 13.5. The lowest BCUT2D eigenvalue weighted by Crippen LogP contribution is -2.14. The van der Waals surface area contributed by atoms with Gasteiger partial charge < -0.3 is 5.32 Å². The molecule has 0 aliphatic rings. The second-order valence-corrected chi connectivity index (χ2v) is 6.61. The molecule has 2 aromatic carbocycles. The summed E-state index contributed by atoms with van der Waals surface area (Å²) in [5.41, 5.74) is 1.66. The molecule has 6 heteroatoms. The summed E-state index contributed by atoms with van der Waals surface area (Å²) in [5, 5.41) is 3.18. The average molecular weight is 468 g/mol. The number of carbonyl (C=O) groups is 1. The van der Waals surface area contributed by atoms with Gasteiger partial charge in [-0.25, -0.2) is 4.39 Å². The molecule has 1 N–H and O–H groups in total. The minimum absolute atomic E-state index is 0.318. The van der Waals surface area contributed by atoms with E-state index in [1.54, 1.807) is 31.2 Å². The Morgan fingerprint density at radius 1 is 1.35 bits per heavy atom. The lowest BCUT2D eigenvalue weighted by atomic mass is 10.1. The van der Waals surface area contributed by atoms with Gasteiger partial charge in [-0.15, -0.1) is 0 Å². The number of hydrogen-bond acceptors (Lipinski definition) is 1. The van der Waals surface area contributed by atoms with E-state index in [2.05, 4.69) is 43.8 Å². The molecule has 0 radical (unpaired) electrons. The highest BCUT2D eigenvalue weighted by atomic mass is 127. The van der Waals surface area contributed by atoms with Crippen LogP contribution in [0.4, 0.5) is 10.1 Å². The summed E-state index contributed by atoms with van der Waals surface area (Å²) >= 11 is 11.1. The lowest BCUT2D eigenvalue weighted by Gasteiger charge is -2.11. The van der Waals surface area contributed by atoms with Crippen LogP contribution in [-0.4, -0.2) is 5.91 Å². The maximum absolute atomic E-state index is 13.5. The number of halogens is 4. The first-order valence-corrected chi connectivity index (χ1v) is 7.85. The third-order valence-corrected chi connectivity index (χ3v) is 4.47. The van der Waals surface area contributed by atoms with Gasteiger partial charge in [-0.3, -0.25) is 4.79 Å². The summed E-state index contributed by atoms with van der Waals surface area (Å²) in [6.45, 7) is 1.79. The van der Waals surface area contributed by atoms with Crippen molar-refractivity contribution in [2.45, 2.75) is 6.92 Å². The zero-order chi connectivity index (χ0) is 14.9. The fourth-order valence-corrected chi connectivity index (χ4v) is 2.85. The highest BCUT2D eigenvalue weighted by Crippen LogP contribution is 2.25. The zero-order valence-electron chi connectivity index (χ0n) is 10.3. The Balaban J connectivity index is 2.32. The number of rotatable bonds is 2. The van der Waals surface area contributed by atoms with Crippen LogP contribution in [0.5, 0.6) is 0 Å². The Kier molecular flexibility index (Phi) is 5.04. The van der Waals surface area contributed by atoms with E-state index in [0.717, 1.165) is 9.13 Å². The van der Waals surface area contributed by atoms with Crippen LogP contribution in [0, 0.1) is 16.3 Å². The summed E-state index contributed by atoms with van der Waals surface area (Å²) in [7, 11) is 0. The van der Waals surface area contributed by atoms with Crippen LogP contribution in [0.25, 0.3) is 0 Å². The minimum Gasteiger partial charge on any atom is -0.322 e. The number of anilines is 1. The molecule has 0 saturated heterocycles. The van der Waals surface area contributed by atoms with Crippen LogP contribution in [-0.2, 0) is 0 Å². The van der Waals surface area contributed by atoms with Crippen LogP contribution in [0.1, 0.15) is 15.9 Å². The third-order valence-electron chi connectivity index (χ3n) is 2.69. The van der Waals surface area contributed by atoms with Crippen molar-refractivity contribution in [3.63, 3.8) is 0 Å². The number of nitrogens with one attached hydrogen (secondary N) is 1. The summed E-state index contributed by atoms with van der Waals surface area (Å²) in [6.07, 6.45) is 0. The van der Waals surface area contributed by atoms with Gasteiger partial charge in [0.25, 0.3) is 5.91 Å². The van der Waals surface area contributed by atoms with Gasteiger partial charge >= 0.3 is 0 Å². The Labute approximate surface area is 143 Å². The molecule has 104 valence electrons. The number of hydrogen-bond donors (Lipinski definition) is 1. The molecule has 0 heterocycles. The van der Waals surface area contributed by atoms with Crippen molar-refractivity contribution in [2.24, 2.45) is 0 Å². The third kappa shape index (κ3) is 3.51. The van der Waals surface area contributed by atoms with Gasteiger partial charge in [-0.1, -0.05) is 11.6 Å². The predicted molar refractivity (Wildman–Crippen MR) is 91.0 cm³/mol. The Bertz CT molecular complexity index is 693.